The lowest BCUT2D eigenvalue weighted by atomic mass is 10.2. The molecule has 2 aromatic carbocycles. The van der Waals surface area contributed by atoms with Crippen LogP contribution < -0.4 is 10.1 Å². The number of ether oxygens (including phenoxy) is 1. The molecule has 0 aromatic heterocycles. The van der Waals surface area contributed by atoms with Crippen molar-refractivity contribution >= 4 is 49.9 Å². The number of carbonyl (C=O) groups is 2. The van der Waals surface area contributed by atoms with E-state index < -0.39 is 6.03 Å². The monoisotopic (exact) mass is 482 g/mol. The molecule has 3 amide bonds. The van der Waals surface area contributed by atoms with Gasteiger partial charge in [0.1, 0.15) is 23.9 Å². The predicted octanol–water partition coefficient (Wildman–Crippen LogP) is 4.45. The van der Waals surface area contributed by atoms with Gasteiger partial charge in [0.2, 0.25) is 0 Å². The molecule has 1 heterocycles. The number of halogens is 3. The number of hydrogen-bond acceptors (Lipinski definition) is 3. The van der Waals surface area contributed by atoms with Crippen LogP contribution in [-0.2, 0) is 11.4 Å². The number of likely N-dealkylation sites (N-methyl/N-ethyl adjacent to an activating group) is 1. The molecule has 1 aliphatic heterocycles. The number of nitrogens with zero attached hydrogens (tertiary/aromatic N) is 1. The summed E-state index contributed by atoms with van der Waals surface area (Å²) in [7, 11) is 1.41. The fourth-order valence-electron chi connectivity index (χ4n) is 2.33. The first-order chi connectivity index (χ1) is 12.3. The molecular weight excluding hydrogens is 471 g/mol. The van der Waals surface area contributed by atoms with Crippen LogP contribution in [0.5, 0.6) is 5.75 Å². The first kappa shape index (κ1) is 18.6. The van der Waals surface area contributed by atoms with Crippen molar-refractivity contribution < 1.29 is 18.7 Å². The van der Waals surface area contributed by atoms with Crippen LogP contribution in [0.2, 0.25) is 0 Å². The van der Waals surface area contributed by atoms with Crippen LogP contribution in [-0.4, -0.2) is 23.9 Å². The number of amides is 3. The number of rotatable bonds is 4. The van der Waals surface area contributed by atoms with E-state index in [0.29, 0.717) is 20.3 Å². The molecule has 0 spiro atoms. The van der Waals surface area contributed by atoms with E-state index >= 15 is 0 Å². The first-order valence-electron chi connectivity index (χ1n) is 7.52. The highest BCUT2D eigenvalue weighted by Gasteiger charge is 2.30. The Morgan fingerprint density at radius 1 is 1.15 bits per heavy atom. The van der Waals surface area contributed by atoms with Gasteiger partial charge < -0.3 is 10.1 Å². The summed E-state index contributed by atoms with van der Waals surface area (Å²) in [5.41, 5.74) is 1.74. The summed E-state index contributed by atoms with van der Waals surface area (Å²) >= 11 is 6.89. The van der Waals surface area contributed by atoms with Gasteiger partial charge in [-0.05, 0) is 73.3 Å². The van der Waals surface area contributed by atoms with Crippen molar-refractivity contribution in [2.45, 2.75) is 6.61 Å². The zero-order valence-corrected chi connectivity index (χ0v) is 16.7. The van der Waals surface area contributed by atoms with E-state index in [1.807, 2.05) is 0 Å². The number of nitrogens with one attached hydrogen (secondary N) is 1. The predicted molar refractivity (Wildman–Crippen MR) is 102 cm³/mol. The Morgan fingerprint density at radius 3 is 2.31 bits per heavy atom. The summed E-state index contributed by atoms with van der Waals surface area (Å²) < 4.78 is 20.1. The molecule has 1 fully saturated rings. The van der Waals surface area contributed by atoms with Gasteiger partial charge in [0.15, 0.2) is 0 Å². The summed E-state index contributed by atoms with van der Waals surface area (Å²) in [5, 5.41) is 2.51. The zero-order chi connectivity index (χ0) is 18.8. The van der Waals surface area contributed by atoms with Gasteiger partial charge in [-0.25, -0.2) is 9.18 Å². The summed E-state index contributed by atoms with van der Waals surface area (Å²) in [6.45, 7) is 0.275. The molecule has 0 saturated carbocycles. The van der Waals surface area contributed by atoms with Crippen LogP contribution >= 0.6 is 31.9 Å². The average molecular weight is 484 g/mol. The van der Waals surface area contributed by atoms with Gasteiger partial charge in [-0.2, -0.15) is 0 Å². The third-order valence-corrected chi connectivity index (χ3v) is 4.89. The molecular formula is C18H13Br2FN2O3. The molecule has 0 atom stereocenters. The molecule has 8 heteroatoms. The molecule has 2 aromatic rings. The van der Waals surface area contributed by atoms with Crippen LogP contribution in [0, 0.1) is 5.82 Å². The molecule has 26 heavy (non-hydrogen) atoms. The van der Waals surface area contributed by atoms with Gasteiger partial charge in [-0.1, -0.05) is 12.1 Å². The first-order valence-corrected chi connectivity index (χ1v) is 9.11. The Hall–Kier alpha value is -2.19. The fraction of sp³-hybridized carbons (Fsp3) is 0.111. The van der Waals surface area contributed by atoms with Gasteiger partial charge in [0.05, 0.1) is 8.95 Å². The lowest BCUT2D eigenvalue weighted by Crippen LogP contribution is -2.25. The lowest BCUT2D eigenvalue weighted by molar-refractivity contribution is -0.121. The van der Waals surface area contributed by atoms with E-state index in [2.05, 4.69) is 37.2 Å². The number of imide groups is 1. The van der Waals surface area contributed by atoms with Crippen LogP contribution in [0.25, 0.3) is 6.08 Å². The second-order valence-corrected chi connectivity index (χ2v) is 7.29. The number of urea groups is 1. The van der Waals surface area contributed by atoms with Crippen molar-refractivity contribution in [3.05, 3.63) is 68.0 Å². The van der Waals surface area contributed by atoms with Gasteiger partial charge in [0.25, 0.3) is 5.91 Å². The fourth-order valence-corrected chi connectivity index (χ4v) is 3.78. The highest BCUT2D eigenvalue weighted by atomic mass is 79.9. The summed E-state index contributed by atoms with van der Waals surface area (Å²) in [6, 6.07) is 9.15. The standard InChI is InChI=1S/C18H13Br2FN2O3/c1-23-17(24)15(22-18(23)25)8-11-6-13(19)16(14(20)7-11)26-9-10-2-4-12(21)5-3-10/h2-8H,9H2,1H3,(H,22,25)/b15-8+. The SMILES string of the molecule is CN1C(=O)N/C(=C/c2cc(Br)c(OCc3ccc(F)cc3)c(Br)c2)C1=O. The Bertz CT molecular complexity index is 890. The molecule has 1 saturated heterocycles. The van der Waals surface area contributed by atoms with Crippen molar-refractivity contribution in [1.82, 2.24) is 10.2 Å². The number of carbonyl (C=O) groups excluding carboxylic acids is 2. The minimum atomic E-state index is -0.460. The number of hydrogen-bond donors (Lipinski definition) is 1. The maximum atomic E-state index is 13.0. The van der Waals surface area contributed by atoms with Crippen LogP contribution in [0.15, 0.2) is 51.0 Å². The minimum Gasteiger partial charge on any atom is -0.487 e. The summed E-state index contributed by atoms with van der Waals surface area (Å²) in [6.07, 6.45) is 1.59. The molecule has 5 nitrogen and oxygen atoms in total. The molecule has 0 bridgehead atoms. The van der Waals surface area contributed by atoms with Crippen LogP contribution in [0.1, 0.15) is 11.1 Å². The summed E-state index contributed by atoms with van der Waals surface area (Å²) in [4.78, 5) is 24.5. The normalized spacial score (nSPS) is 15.5. The third kappa shape index (κ3) is 3.96. The van der Waals surface area contributed by atoms with E-state index in [0.717, 1.165) is 10.5 Å². The van der Waals surface area contributed by atoms with Crippen molar-refractivity contribution in [3.63, 3.8) is 0 Å². The highest BCUT2D eigenvalue weighted by molar-refractivity contribution is 9.11. The molecule has 134 valence electrons. The van der Waals surface area contributed by atoms with E-state index in [4.69, 9.17) is 4.74 Å². The lowest BCUT2D eigenvalue weighted by Gasteiger charge is -2.11. The second kappa shape index (κ2) is 7.59. The van der Waals surface area contributed by atoms with Gasteiger partial charge in [-0.3, -0.25) is 9.69 Å². The molecule has 0 aliphatic carbocycles. The Kier molecular flexibility index (Phi) is 5.43. The van der Waals surface area contributed by atoms with Crippen LogP contribution in [0.4, 0.5) is 9.18 Å². The maximum absolute atomic E-state index is 13.0. The van der Waals surface area contributed by atoms with E-state index in [1.54, 1.807) is 30.3 Å². The molecule has 0 unspecified atom stereocenters. The molecule has 1 N–H and O–H groups in total. The summed E-state index contributed by atoms with van der Waals surface area (Å²) in [5.74, 6) is -0.109. The Morgan fingerprint density at radius 2 is 1.77 bits per heavy atom. The van der Waals surface area contributed by atoms with Gasteiger partial charge in [0, 0.05) is 7.05 Å². The van der Waals surface area contributed by atoms with E-state index in [1.165, 1.54) is 19.2 Å². The van der Waals surface area contributed by atoms with Crippen molar-refractivity contribution in [3.8, 4) is 5.75 Å². The highest BCUT2D eigenvalue weighted by Crippen LogP contribution is 2.36. The Balaban J connectivity index is 1.79. The van der Waals surface area contributed by atoms with Gasteiger partial charge >= 0.3 is 6.03 Å². The van der Waals surface area contributed by atoms with Crippen molar-refractivity contribution in [2.24, 2.45) is 0 Å². The molecule has 0 radical (unpaired) electrons. The number of benzene rings is 2. The topological polar surface area (TPSA) is 58.6 Å². The minimum absolute atomic E-state index is 0.205. The Labute approximate surface area is 166 Å². The van der Waals surface area contributed by atoms with Gasteiger partial charge in [-0.15, -0.1) is 0 Å². The largest absolute Gasteiger partial charge is 0.487 e. The quantitative estimate of drug-likeness (QED) is 0.516. The third-order valence-electron chi connectivity index (χ3n) is 3.71. The smallest absolute Gasteiger partial charge is 0.328 e. The van der Waals surface area contributed by atoms with Crippen molar-refractivity contribution in [2.75, 3.05) is 7.05 Å². The molecule has 3 rings (SSSR count). The second-order valence-electron chi connectivity index (χ2n) is 5.58. The zero-order valence-electron chi connectivity index (χ0n) is 13.6. The molecule has 1 aliphatic rings. The van der Waals surface area contributed by atoms with Crippen molar-refractivity contribution in [1.29, 1.82) is 0 Å². The average Bonchev–Trinajstić information content (AvgIpc) is 2.83. The van der Waals surface area contributed by atoms with Crippen LogP contribution in [0.3, 0.4) is 0 Å². The van der Waals surface area contributed by atoms with E-state index in [-0.39, 0.29) is 24.0 Å². The van der Waals surface area contributed by atoms with E-state index in [9.17, 15) is 14.0 Å². The maximum Gasteiger partial charge on any atom is 0.328 e.